The molecular weight excluding hydrogens is 248 g/mol. The lowest BCUT2D eigenvalue weighted by atomic mass is 10.4. The molecule has 2 heterocycles. The second-order valence-corrected chi connectivity index (χ2v) is 5.31. The van der Waals surface area contributed by atoms with Crippen LogP contribution in [0.15, 0.2) is 12.1 Å². The smallest absolute Gasteiger partial charge is 0.324 e. The van der Waals surface area contributed by atoms with Crippen molar-refractivity contribution in [2.45, 2.75) is 13.5 Å². The van der Waals surface area contributed by atoms with Crippen molar-refractivity contribution >= 4 is 32.8 Å². The molecule has 0 saturated carbocycles. The van der Waals surface area contributed by atoms with Gasteiger partial charge in [-0.25, -0.2) is 0 Å². The molecule has 0 unspecified atom stereocenters. The molecule has 16 heavy (non-hydrogen) atoms. The highest BCUT2D eigenvalue weighted by Crippen LogP contribution is 2.25. The van der Waals surface area contributed by atoms with Gasteiger partial charge in [0, 0.05) is 10.9 Å². The quantitative estimate of drug-likeness (QED) is 0.671. The van der Waals surface area contributed by atoms with Gasteiger partial charge in [-0.1, -0.05) is 22.7 Å². The zero-order valence-corrected chi connectivity index (χ0v) is 9.97. The van der Waals surface area contributed by atoms with E-state index in [-0.39, 0.29) is 9.92 Å². The molecule has 0 atom stereocenters. The predicted molar refractivity (Wildman–Crippen MR) is 62.9 cm³/mol. The standard InChI is InChI=1S/C8H8N4O2S2/c1-5-10-11-8(15-5)9-4-6-2-3-7(16-6)12(13)14/h2-3H,4H2,1H3,(H,9,11). The van der Waals surface area contributed by atoms with Crippen molar-refractivity contribution in [3.63, 3.8) is 0 Å². The monoisotopic (exact) mass is 256 g/mol. The van der Waals surface area contributed by atoms with Gasteiger partial charge in [0.1, 0.15) is 5.01 Å². The predicted octanol–water partition coefficient (Wildman–Crippen LogP) is 2.43. The highest BCUT2D eigenvalue weighted by molar-refractivity contribution is 7.15. The second-order valence-electron chi connectivity index (χ2n) is 2.98. The molecule has 0 radical (unpaired) electrons. The van der Waals surface area contributed by atoms with E-state index < -0.39 is 0 Å². The lowest BCUT2D eigenvalue weighted by molar-refractivity contribution is -0.380. The molecule has 0 fully saturated rings. The number of hydrogen-bond acceptors (Lipinski definition) is 7. The van der Waals surface area contributed by atoms with Crippen LogP contribution in [0.2, 0.25) is 0 Å². The lowest BCUT2D eigenvalue weighted by Crippen LogP contribution is -1.96. The van der Waals surface area contributed by atoms with Crippen molar-refractivity contribution in [2.24, 2.45) is 0 Å². The summed E-state index contributed by atoms with van der Waals surface area (Å²) >= 11 is 2.62. The molecular formula is C8H8N4O2S2. The van der Waals surface area contributed by atoms with Crippen LogP contribution in [0.25, 0.3) is 0 Å². The molecule has 0 spiro atoms. The van der Waals surface area contributed by atoms with E-state index in [1.54, 1.807) is 6.07 Å². The number of rotatable bonds is 4. The zero-order chi connectivity index (χ0) is 11.5. The minimum atomic E-state index is -0.386. The van der Waals surface area contributed by atoms with Gasteiger partial charge in [0.25, 0.3) is 0 Å². The fraction of sp³-hybridized carbons (Fsp3) is 0.250. The summed E-state index contributed by atoms with van der Waals surface area (Å²) in [6.07, 6.45) is 0. The summed E-state index contributed by atoms with van der Waals surface area (Å²) in [6.45, 7) is 2.41. The summed E-state index contributed by atoms with van der Waals surface area (Å²) in [4.78, 5) is 11.0. The second kappa shape index (κ2) is 4.54. The fourth-order valence-corrected chi connectivity index (χ4v) is 2.44. The number of nitro groups is 1. The van der Waals surface area contributed by atoms with Crippen LogP contribution in [0.4, 0.5) is 10.1 Å². The molecule has 2 aromatic rings. The van der Waals surface area contributed by atoms with Gasteiger partial charge in [0.05, 0.1) is 11.5 Å². The molecule has 0 saturated heterocycles. The first-order valence-electron chi connectivity index (χ1n) is 4.42. The van der Waals surface area contributed by atoms with Gasteiger partial charge in [-0.15, -0.1) is 10.2 Å². The van der Waals surface area contributed by atoms with Crippen molar-refractivity contribution in [3.05, 3.63) is 32.1 Å². The van der Waals surface area contributed by atoms with Crippen LogP contribution in [0.1, 0.15) is 9.88 Å². The Morgan fingerprint density at radius 3 is 2.81 bits per heavy atom. The molecule has 0 aromatic carbocycles. The maximum absolute atomic E-state index is 10.5. The van der Waals surface area contributed by atoms with Crippen LogP contribution in [0.5, 0.6) is 0 Å². The Bertz CT molecular complexity index is 508. The summed E-state index contributed by atoms with van der Waals surface area (Å²) in [5.41, 5.74) is 0. The Balaban J connectivity index is 1.97. The van der Waals surface area contributed by atoms with E-state index in [2.05, 4.69) is 15.5 Å². The molecule has 2 aromatic heterocycles. The van der Waals surface area contributed by atoms with E-state index in [0.717, 1.165) is 26.4 Å². The third-order valence-corrected chi connectivity index (χ3v) is 3.60. The van der Waals surface area contributed by atoms with Crippen LogP contribution < -0.4 is 5.32 Å². The summed E-state index contributed by atoms with van der Waals surface area (Å²) in [7, 11) is 0. The van der Waals surface area contributed by atoms with Gasteiger partial charge in [-0.2, -0.15) is 0 Å². The summed E-state index contributed by atoms with van der Waals surface area (Å²) in [6, 6.07) is 3.25. The van der Waals surface area contributed by atoms with Crippen LogP contribution in [-0.4, -0.2) is 15.1 Å². The maximum Gasteiger partial charge on any atom is 0.324 e. The lowest BCUT2D eigenvalue weighted by Gasteiger charge is -1.96. The molecule has 0 amide bonds. The fourth-order valence-electron chi connectivity index (χ4n) is 1.09. The topological polar surface area (TPSA) is 81.0 Å². The van der Waals surface area contributed by atoms with Crippen LogP contribution in [0, 0.1) is 17.0 Å². The van der Waals surface area contributed by atoms with Crippen molar-refractivity contribution in [3.8, 4) is 0 Å². The van der Waals surface area contributed by atoms with Gasteiger partial charge in [-0.3, -0.25) is 10.1 Å². The first kappa shape index (κ1) is 11.0. The van der Waals surface area contributed by atoms with E-state index in [1.807, 2.05) is 6.92 Å². The minimum absolute atomic E-state index is 0.158. The van der Waals surface area contributed by atoms with E-state index in [9.17, 15) is 10.1 Å². The Hall–Kier alpha value is -1.54. The third-order valence-electron chi connectivity index (χ3n) is 1.77. The van der Waals surface area contributed by atoms with Gasteiger partial charge >= 0.3 is 5.00 Å². The van der Waals surface area contributed by atoms with E-state index in [1.165, 1.54) is 17.4 Å². The molecule has 0 aliphatic rings. The first-order valence-corrected chi connectivity index (χ1v) is 6.05. The van der Waals surface area contributed by atoms with Gasteiger partial charge < -0.3 is 5.32 Å². The number of aryl methyl sites for hydroxylation is 1. The molecule has 8 heteroatoms. The van der Waals surface area contributed by atoms with E-state index in [0.29, 0.717) is 6.54 Å². The highest BCUT2D eigenvalue weighted by Gasteiger charge is 2.09. The van der Waals surface area contributed by atoms with Crippen molar-refractivity contribution < 1.29 is 4.92 Å². The van der Waals surface area contributed by atoms with Crippen molar-refractivity contribution in [1.29, 1.82) is 0 Å². The molecule has 2 rings (SSSR count). The Morgan fingerprint density at radius 1 is 1.44 bits per heavy atom. The Labute approximate surface area is 99.1 Å². The average Bonchev–Trinajstić information content (AvgIpc) is 2.83. The summed E-state index contributed by atoms with van der Waals surface area (Å²) in [5, 5.41) is 23.1. The SMILES string of the molecule is Cc1nnc(NCc2ccc([N+](=O)[O-])s2)s1. The molecule has 84 valence electrons. The van der Waals surface area contributed by atoms with Crippen molar-refractivity contribution in [1.82, 2.24) is 10.2 Å². The third kappa shape index (κ3) is 2.52. The largest absolute Gasteiger partial charge is 0.355 e. The zero-order valence-electron chi connectivity index (χ0n) is 8.34. The number of hydrogen-bond donors (Lipinski definition) is 1. The molecule has 6 nitrogen and oxygen atoms in total. The molecule has 0 aliphatic carbocycles. The first-order chi connectivity index (χ1) is 7.65. The molecule has 1 N–H and O–H groups in total. The van der Waals surface area contributed by atoms with Gasteiger partial charge in [0.15, 0.2) is 0 Å². The number of aromatic nitrogens is 2. The van der Waals surface area contributed by atoms with Crippen LogP contribution in [0.3, 0.4) is 0 Å². The summed E-state index contributed by atoms with van der Waals surface area (Å²) in [5.74, 6) is 0. The number of nitrogens with zero attached hydrogens (tertiary/aromatic N) is 3. The van der Waals surface area contributed by atoms with E-state index >= 15 is 0 Å². The normalized spacial score (nSPS) is 10.3. The van der Waals surface area contributed by atoms with Gasteiger partial charge in [-0.05, 0) is 13.0 Å². The Morgan fingerprint density at radius 2 is 2.25 bits per heavy atom. The molecule has 0 aliphatic heterocycles. The van der Waals surface area contributed by atoms with E-state index in [4.69, 9.17) is 0 Å². The summed E-state index contributed by atoms with van der Waals surface area (Å²) < 4.78 is 0. The maximum atomic E-state index is 10.5. The number of anilines is 1. The molecule has 0 bridgehead atoms. The average molecular weight is 256 g/mol. The highest BCUT2D eigenvalue weighted by atomic mass is 32.1. The minimum Gasteiger partial charge on any atom is -0.355 e. The van der Waals surface area contributed by atoms with Crippen molar-refractivity contribution in [2.75, 3.05) is 5.32 Å². The Kier molecular flexibility index (Phi) is 3.11. The van der Waals surface area contributed by atoms with Gasteiger partial charge in [0.2, 0.25) is 5.13 Å². The number of thiophene rings is 1. The van der Waals surface area contributed by atoms with Crippen LogP contribution in [-0.2, 0) is 6.54 Å². The van der Waals surface area contributed by atoms with Crippen LogP contribution >= 0.6 is 22.7 Å². The number of nitrogens with one attached hydrogen (secondary N) is 1.